The maximum absolute atomic E-state index is 12.7. The van der Waals surface area contributed by atoms with Gasteiger partial charge in [-0.05, 0) is 35.4 Å². The van der Waals surface area contributed by atoms with Gasteiger partial charge in [-0.25, -0.2) is 9.78 Å². The number of hydrogen-bond donors (Lipinski definition) is 3. The Balaban J connectivity index is 1.32. The van der Waals surface area contributed by atoms with Gasteiger partial charge in [-0.3, -0.25) is 4.79 Å². The third-order valence-electron chi connectivity index (χ3n) is 5.09. The smallest absolute Gasteiger partial charge is 0.407 e. The lowest BCUT2D eigenvalue weighted by Crippen LogP contribution is -2.23. The molecule has 0 aliphatic carbocycles. The van der Waals surface area contributed by atoms with E-state index in [0.29, 0.717) is 22.8 Å². The van der Waals surface area contributed by atoms with Gasteiger partial charge in [0.2, 0.25) is 0 Å². The summed E-state index contributed by atoms with van der Waals surface area (Å²) < 4.78 is 5.20. The van der Waals surface area contributed by atoms with Crippen molar-refractivity contribution in [1.82, 2.24) is 10.3 Å². The first-order valence-corrected chi connectivity index (χ1v) is 10.8. The Kier molecular flexibility index (Phi) is 7.15. The van der Waals surface area contributed by atoms with Crippen molar-refractivity contribution in [3.05, 3.63) is 114 Å². The number of ether oxygens (including phenoxy) is 1. The molecule has 34 heavy (non-hydrogen) atoms. The summed E-state index contributed by atoms with van der Waals surface area (Å²) in [5.74, 6) is -0.0237. The standard InChI is InChI=1S/C27H24N4O3/c28-23-15-16-24(21-9-5-2-6-10-21)30-25(23)31-26(32)22-13-11-19(12-14-22)17-29-27(33)34-18-20-7-3-1-4-8-20/h1-16H,17-18,28H2,(H,29,33)(H,30,31,32). The van der Waals surface area contributed by atoms with Crippen LogP contribution in [0.2, 0.25) is 0 Å². The average Bonchev–Trinajstić information content (AvgIpc) is 2.89. The summed E-state index contributed by atoms with van der Waals surface area (Å²) in [6, 6.07) is 29.5. The quantitative estimate of drug-likeness (QED) is 0.365. The molecular weight excluding hydrogens is 428 g/mol. The van der Waals surface area contributed by atoms with Gasteiger partial charge in [-0.15, -0.1) is 0 Å². The number of hydrogen-bond acceptors (Lipinski definition) is 5. The number of anilines is 2. The minimum absolute atomic E-state index is 0.203. The first-order valence-electron chi connectivity index (χ1n) is 10.8. The van der Waals surface area contributed by atoms with Crippen molar-refractivity contribution in [3.8, 4) is 11.3 Å². The largest absolute Gasteiger partial charge is 0.445 e. The zero-order chi connectivity index (χ0) is 23.8. The van der Waals surface area contributed by atoms with Crippen LogP contribution in [0.4, 0.5) is 16.3 Å². The third kappa shape index (κ3) is 5.98. The maximum atomic E-state index is 12.7. The fraction of sp³-hybridized carbons (Fsp3) is 0.0741. The highest BCUT2D eigenvalue weighted by Gasteiger charge is 2.11. The number of nitrogens with one attached hydrogen (secondary N) is 2. The Labute approximate surface area is 197 Å². The van der Waals surface area contributed by atoms with Gasteiger partial charge in [0.1, 0.15) is 6.61 Å². The SMILES string of the molecule is Nc1ccc(-c2ccccc2)nc1NC(=O)c1ccc(CNC(=O)OCc2ccccc2)cc1. The van der Waals surface area contributed by atoms with E-state index < -0.39 is 6.09 Å². The van der Waals surface area contributed by atoms with Crippen molar-refractivity contribution in [2.75, 3.05) is 11.1 Å². The highest BCUT2D eigenvalue weighted by Crippen LogP contribution is 2.23. The molecule has 0 unspecified atom stereocenters. The van der Waals surface area contributed by atoms with Crippen molar-refractivity contribution < 1.29 is 14.3 Å². The first-order chi connectivity index (χ1) is 16.6. The molecule has 2 amide bonds. The van der Waals surface area contributed by atoms with Crippen LogP contribution in [0.5, 0.6) is 0 Å². The molecule has 7 nitrogen and oxygen atoms in total. The molecule has 1 aromatic heterocycles. The highest BCUT2D eigenvalue weighted by molar-refractivity contribution is 6.05. The Morgan fingerprint density at radius 2 is 1.47 bits per heavy atom. The number of nitrogens with two attached hydrogens (primary N) is 1. The van der Waals surface area contributed by atoms with Crippen molar-refractivity contribution in [1.29, 1.82) is 0 Å². The second kappa shape index (κ2) is 10.8. The van der Waals surface area contributed by atoms with Gasteiger partial charge in [-0.2, -0.15) is 0 Å². The number of benzene rings is 3. The zero-order valence-electron chi connectivity index (χ0n) is 18.4. The second-order valence-corrected chi connectivity index (χ2v) is 7.57. The lowest BCUT2D eigenvalue weighted by molar-refractivity contribution is 0.102. The van der Waals surface area contributed by atoms with Crippen LogP contribution >= 0.6 is 0 Å². The van der Waals surface area contributed by atoms with E-state index >= 15 is 0 Å². The van der Waals surface area contributed by atoms with Gasteiger partial charge >= 0.3 is 6.09 Å². The number of nitrogens with zero attached hydrogens (tertiary/aromatic N) is 1. The molecule has 0 atom stereocenters. The van der Waals surface area contributed by atoms with Gasteiger partial charge in [0, 0.05) is 17.7 Å². The number of amides is 2. The third-order valence-corrected chi connectivity index (χ3v) is 5.09. The average molecular weight is 453 g/mol. The topological polar surface area (TPSA) is 106 Å². The molecule has 0 aliphatic heterocycles. The predicted molar refractivity (Wildman–Crippen MR) is 132 cm³/mol. The molecular formula is C27H24N4O3. The maximum Gasteiger partial charge on any atom is 0.407 e. The molecule has 3 aromatic carbocycles. The number of carbonyl (C=O) groups is 2. The Morgan fingerprint density at radius 3 is 2.18 bits per heavy atom. The number of carbonyl (C=O) groups excluding carboxylic acids is 2. The van der Waals surface area contributed by atoms with E-state index in [2.05, 4.69) is 15.6 Å². The zero-order valence-corrected chi connectivity index (χ0v) is 18.4. The lowest BCUT2D eigenvalue weighted by atomic mass is 10.1. The molecule has 0 aliphatic rings. The van der Waals surface area contributed by atoms with E-state index in [-0.39, 0.29) is 19.1 Å². The van der Waals surface area contributed by atoms with E-state index in [1.165, 1.54) is 0 Å². The van der Waals surface area contributed by atoms with Gasteiger partial charge in [-0.1, -0.05) is 72.8 Å². The number of rotatable bonds is 7. The van der Waals surface area contributed by atoms with Crippen LogP contribution in [-0.2, 0) is 17.9 Å². The van der Waals surface area contributed by atoms with E-state index in [4.69, 9.17) is 10.5 Å². The van der Waals surface area contributed by atoms with Crippen molar-refractivity contribution >= 4 is 23.5 Å². The Bertz CT molecular complexity index is 1260. The molecule has 0 bridgehead atoms. The molecule has 170 valence electrons. The summed E-state index contributed by atoms with van der Waals surface area (Å²) in [7, 11) is 0. The number of pyridine rings is 1. The summed E-state index contributed by atoms with van der Waals surface area (Å²) in [5, 5.41) is 5.47. The lowest BCUT2D eigenvalue weighted by Gasteiger charge is -2.10. The summed E-state index contributed by atoms with van der Waals surface area (Å²) in [6.07, 6.45) is -0.509. The molecule has 0 radical (unpaired) electrons. The van der Waals surface area contributed by atoms with Crippen LogP contribution < -0.4 is 16.4 Å². The van der Waals surface area contributed by atoms with Gasteiger partial charge in [0.05, 0.1) is 11.4 Å². The molecule has 1 heterocycles. The molecule has 4 N–H and O–H groups in total. The number of alkyl carbamates (subject to hydrolysis) is 1. The minimum Gasteiger partial charge on any atom is -0.445 e. The van der Waals surface area contributed by atoms with Gasteiger partial charge in [0.25, 0.3) is 5.91 Å². The molecule has 0 fully saturated rings. The predicted octanol–water partition coefficient (Wildman–Crippen LogP) is 5.01. The molecule has 0 saturated carbocycles. The van der Waals surface area contributed by atoms with Crippen LogP contribution in [0.25, 0.3) is 11.3 Å². The van der Waals surface area contributed by atoms with Crippen molar-refractivity contribution in [3.63, 3.8) is 0 Å². The van der Waals surface area contributed by atoms with Gasteiger partial charge in [0.15, 0.2) is 5.82 Å². The Hall–Kier alpha value is -4.65. The van der Waals surface area contributed by atoms with Crippen LogP contribution in [0.15, 0.2) is 97.1 Å². The monoisotopic (exact) mass is 452 g/mol. The van der Waals surface area contributed by atoms with Crippen LogP contribution in [0.3, 0.4) is 0 Å². The van der Waals surface area contributed by atoms with E-state index in [1.807, 2.05) is 66.7 Å². The molecule has 4 aromatic rings. The number of aromatic nitrogens is 1. The summed E-state index contributed by atoms with van der Waals surface area (Å²) in [6.45, 7) is 0.484. The van der Waals surface area contributed by atoms with E-state index in [1.54, 1.807) is 30.3 Å². The van der Waals surface area contributed by atoms with E-state index in [9.17, 15) is 9.59 Å². The fourth-order valence-corrected chi connectivity index (χ4v) is 3.24. The van der Waals surface area contributed by atoms with Crippen molar-refractivity contribution in [2.45, 2.75) is 13.2 Å². The van der Waals surface area contributed by atoms with Crippen molar-refractivity contribution in [2.24, 2.45) is 0 Å². The Morgan fingerprint density at radius 1 is 0.794 bits per heavy atom. The second-order valence-electron chi connectivity index (χ2n) is 7.57. The first kappa shape index (κ1) is 22.5. The molecule has 7 heteroatoms. The summed E-state index contributed by atoms with van der Waals surface area (Å²) in [4.78, 5) is 29.1. The summed E-state index contributed by atoms with van der Waals surface area (Å²) >= 11 is 0. The normalized spacial score (nSPS) is 10.4. The summed E-state index contributed by atoms with van der Waals surface area (Å²) in [5.41, 5.74) is 10.2. The molecule has 0 spiro atoms. The highest BCUT2D eigenvalue weighted by atomic mass is 16.5. The number of nitrogen functional groups attached to an aromatic ring is 1. The fourth-order valence-electron chi connectivity index (χ4n) is 3.24. The van der Waals surface area contributed by atoms with Gasteiger partial charge < -0.3 is 21.1 Å². The van der Waals surface area contributed by atoms with Crippen LogP contribution in [-0.4, -0.2) is 17.0 Å². The molecule has 0 saturated heterocycles. The molecule has 4 rings (SSSR count). The van der Waals surface area contributed by atoms with Crippen LogP contribution in [0.1, 0.15) is 21.5 Å². The van der Waals surface area contributed by atoms with Crippen LogP contribution in [0, 0.1) is 0 Å². The van der Waals surface area contributed by atoms with E-state index in [0.717, 1.165) is 16.7 Å². The minimum atomic E-state index is -0.509.